The minimum Gasteiger partial charge on any atom is -0.370 e. The Hall–Kier alpha value is -3.64. The molecule has 244 valence electrons. The normalized spacial score (nSPS) is 21.0. The molecular formula is C30H54N8O5. The van der Waals surface area contributed by atoms with Crippen molar-refractivity contribution in [3.05, 3.63) is 12.2 Å². The summed E-state index contributed by atoms with van der Waals surface area (Å²) in [6.45, 7) is 7.52. The molecule has 0 bridgehead atoms. The average molecular weight is 607 g/mol. The fraction of sp³-hybridized carbons (Fsp3) is 0.733. The monoisotopic (exact) mass is 606 g/mol. The summed E-state index contributed by atoms with van der Waals surface area (Å²) in [6.07, 6.45) is 11.1. The lowest BCUT2D eigenvalue weighted by Crippen LogP contribution is -2.59. The van der Waals surface area contributed by atoms with E-state index in [9.17, 15) is 24.0 Å². The number of hydrogen-bond acceptors (Lipinski definition) is 6. The summed E-state index contributed by atoms with van der Waals surface area (Å²) in [7, 11) is 0. The van der Waals surface area contributed by atoms with Crippen LogP contribution < -0.4 is 38.5 Å². The predicted molar refractivity (Wildman–Crippen MR) is 167 cm³/mol. The number of primary amides is 1. The van der Waals surface area contributed by atoms with E-state index in [1.54, 1.807) is 13.8 Å². The minimum absolute atomic E-state index is 0.0952. The summed E-state index contributed by atoms with van der Waals surface area (Å²) in [5.74, 6) is -3.05. The highest BCUT2D eigenvalue weighted by Crippen LogP contribution is 2.13. The van der Waals surface area contributed by atoms with Gasteiger partial charge < -0.3 is 38.5 Å². The molecule has 0 saturated carbocycles. The minimum atomic E-state index is -1.05. The average Bonchev–Trinajstić information content (AvgIpc) is 2.94. The van der Waals surface area contributed by atoms with E-state index in [1.165, 1.54) is 0 Å². The molecule has 0 aromatic rings. The van der Waals surface area contributed by atoms with Crippen LogP contribution in [0.25, 0.3) is 0 Å². The number of carbonyl (C=O) groups is 5. The summed E-state index contributed by atoms with van der Waals surface area (Å²) in [5.41, 5.74) is 16.3. The molecule has 43 heavy (non-hydrogen) atoms. The van der Waals surface area contributed by atoms with Gasteiger partial charge in [-0.3, -0.25) is 29.0 Å². The molecule has 0 fully saturated rings. The maximum Gasteiger partial charge on any atom is 0.243 e. The van der Waals surface area contributed by atoms with Gasteiger partial charge in [0.05, 0.1) is 0 Å². The molecule has 5 unspecified atom stereocenters. The van der Waals surface area contributed by atoms with Gasteiger partial charge >= 0.3 is 0 Å². The Morgan fingerprint density at radius 1 is 0.977 bits per heavy atom. The second-order valence-corrected chi connectivity index (χ2v) is 11.6. The first-order valence-corrected chi connectivity index (χ1v) is 15.6. The zero-order valence-electron chi connectivity index (χ0n) is 26.3. The van der Waals surface area contributed by atoms with Crippen molar-refractivity contribution in [1.29, 1.82) is 0 Å². The molecule has 1 heterocycles. The van der Waals surface area contributed by atoms with Crippen molar-refractivity contribution < 1.29 is 24.0 Å². The maximum atomic E-state index is 13.6. The van der Waals surface area contributed by atoms with Crippen molar-refractivity contribution in [1.82, 2.24) is 21.3 Å². The number of carbonyl (C=O) groups excluding carboxylic acids is 5. The van der Waals surface area contributed by atoms with Crippen LogP contribution in [0.15, 0.2) is 17.1 Å². The van der Waals surface area contributed by atoms with E-state index in [4.69, 9.17) is 17.2 Å². The van der Waals surface area contributed by atoms with Crippen LogP contribution in [0.5, 0.6) is 0 Å². The van der Waals surface area contributed by atoms with Crippen LogP contribution in [0.1, 0.15) is 98.3 Å². The topological polar surface area (TPSA) is 224 Å². The number of nitrogens with one attached hydrogen (secondary N) is 4. The third-order valence-corrected chi connectivity index (χ3v) is 7.61. The fourth-order valence-electron chi connectivity index (χ4n) is 4.73. The van der Waals surface area contributed by atoms with E-state index < -0.39 is 47.8 Å². The van der Waals surface area contributed by atoms with E-state index in [-0.39, 0.29) is 43.1 Å². The largest absolute Gasteiger partial charge is 0.370 e. The van der Waals surface area contributed by atoms with Gasteiger partial charge in [-0.05, 0) is 50.4 Å². The van der Waals surface area contributed by atoms with E-state index >= 15 is 0 Å². The van der Waals surface area contributed by atoms with Crippen molar-refractivity contribution in [3.63, 3.8) is 0 Å². The summed E-state index contributed by atoms with van der Waals surface area (Å²) >= 11 is 0. The quantitative estimate of drug-likeness (QED) is 0.0733. The van der Waals surface area contributed by atoms with Crippen LogP contribution in [0.2, 0.25) is 0 Å². The SMILES string of the molecule is CCC(C)C1NC(=O)CCCCCCCC=CCC(C(=O)NC(CCCN=C(N)N)C(=O)NC(C(N)=O)C(C)C)NC1=O. The summed E-state index contributed by atoms with van der Waals surface area (Å²) in [4.78, 5) is 68.9. The number of aliphatic imine (C=N–C) groups is 1. The van der Waals surface area contributed by atoms with Gasteiger partial charge in [0.1, 0.15) is 24.2 Å². The first-order chi connectivity index (χ1) is 20.4. The maximum absolute atomic E-state index is 13.6. The van der Waals surface area contributed by atoms with E-state index in [2.05, 4.69) is 26.3 Å². The van der Waals surface area contributed by atoms with Crippen molar-refractivity contribution in [3.8, 4) is 0 Å². The Labute approximate surface area is 256 Å². The van der Waals surface area contributed by atoms with Gasteiger partial charge in [0.2, 0.25) is 29.5 Å². The van der Waals surface area contributed by atoms with E-state index in [0.29, 0.717) is 19.3 Å². The van der Waals surface area contributed by atoms with Gasteiger partial charge in [-0.15, -0.1) is 0 Å². The second kappa shape index (κ2) is 20.3. The standard InChI is InChI=1S/C30H54N8O5/c1-5-20(4)25-29(43)36-21(15-12-10-8-6-7-9-11-13-17-23(39)37-25)27(41)35-22(16-14-18-34-30(32)33)28(42)38-24(19(2)3)26(31)40/h10,12,19-22,24-25H,5-9,11,13-18H2,1-4H3,(H2,31,40)(H,35,41)(H,36,43)(H,37,39)(H,38,42)(H4,32,33,34). The van der Waals surface area contributed by atoms with Gasteiger partial charge in [0.15, 0.2) is 5.96 Å². The smallest absolute Gasteiger partial charge is 0.243 e. The molecule has 13 nitrogen and oxygen atoms in total. The molecule has 1 rings (SSSR count). The third-order valence-electron chi connectivity index (χ3n) is 7.61. The van der Waals surface area contributed by atoms with Gasteiger partial charge in [0, 0.05) is 13.0 Å². The molecule has 0 radical (unpaired) electrons. The first kappa shape index (κ1) is 37.4. The van der Waals surface area contributed by atoms with Crippen molar-refractivity contribution in [2.75, 3.05) is 6.54 Å². The van der Waals surface area contributed by atoms with Gasteiger partial charge in [0.25, 0.3) is 0 Å². The van der Waals surface area contributed by atoms with Crippen molar-refractivity contribution in [2.45, 2.75) is 122 Å². The molecule has 1 aliphatic rings. The Morgan fingerprint density at radius 3 is 2.28 bits per heavy atom. The van der Waals surface area contributed by atoms with Crippen molar-refractivity contribution >= 4 is 35.5 Å². The summed E-state index contributed by atoms with van der Waals surface area (Å²) in [6, 6.07) is -3.81. The highest BCUT2D eigenvalue weighted by Gasteiger charge is 2.32. The lowest BCUT2D eigenvalue weighted by atomic mass is 9.97. The van der Waals surface area contributed by atoms with Gasteiger partial charge in [-0.2, -0.15) is 0 Å². The number of allylic oxidation sites excluding steroid dienone is 1. The summed E-state index contributed by atoms with van der Waals surface area (Å²) in [5, 5.41) is 11.1. The molecule has 0 aromatic heterocycles. The molecule has 13 heteroatoms. The van der Waals surface area contributed by atoms with Gasteiger partial charge in [-0.25, -0.2) is 0 Å². The highest BCUT2D eigenvalue weighted by atomic mass is 16.2. The van der Waals surface area contributed by atoms with E-state index in [1.807, 2.05) is 26.0 Å². The summed E-state index contributed by atoms with van der Waals surface area (Å²) < 4.78 is 0. The lowest BCUT2D eigenvalue weighted by Gasteiger charge is -2.28. The number of rotatable bonds is 12. The molecule has 10 N–H and O–H groups in total. The van der Waals surface area contributed by atoms with Crippen LogP contribution in [-0.2, 0) is 24.0 Å². The van der Waals surface area contributed by atoms with Gasteiger partial charge in [-0.1, -0.05) is 65.5 Å². The van der Waals surface area contributed by atoms with Crippen LogP contribution >= 0.6 is 0 Å². The lowest BCUT2D eigenvalue weighted by molar-refractivity contribution is -0.135. The Bertz CT molecular complexity index is 980. The van der Waals surface area contributed by atoms with Crippen LogP contribution in [0.3, 0.4) is 0 Å². The molecule has 1 aliphatic heterocycles. The fourth-order valence-corrected chi connectivity index (χ4v) is 4.73. The molecule has 0 aliphatic carbocycles. The Morgan fingerprint density at radius 2 is 1.65 bits per heavy atom. The molecule has 0 aromatic carbocycles. The molecule has 0 saturated heterocycles. The number of hydrogen-bond donors (Lipinski definition) is 7. The van der Waals surface area contributed by atoms with Crippen LogP contribution in [0, 0.1) is 11.8 Å². The first-order valence-electron chi connectivity index (χ1n) is 15.6. The molecule has 5 amide bonds. The number of guanidine groups is 1. The molecule has 5 atom stereocenters. The van der Waals surface area contributed by atoms with Crippen molar-refractivity contribution in [2.24, 2.45) is 34.0 Å². The van der Waals surface area contributed by atoms with Crippen LogP contribution in [0.4, 0.5) is 0 Å². The second-order valence-electron chi connectivity index (χ2n) is 11.6. The molecular weight excluding hydrogens is 552 g/mol. The van der Waals surface area contributed by atoms with Crippen LogP contribution in [-0.4, -0.2) is 66.2 Å². The zero-order valence-corrected chi connectivity index (χ0v) is 26.3. The Balaban J connectivity index is 3.24. The Kier molecular flexibility index (Phi) is 17.6. The number of nitrogens with two attached hydrogens (primary N) is 3. The number of nitrogens with zero attached hydrogens (tertiary/aromatic N) is 1. The third kappa shape index (κ3) is 14.9. The van der Waals surface area contributed by atoms with E-state index in [0.717, 1.165) is 38.5 Å². The predicted octanol–water partition coefficient (Wildman–Crippen LogP) is 0.857. The number of amides is 5. The highest BCUT2D eigenvalue weighted by molar-refractivity contribution is 5.95. The molecule has 0 spiro atoms. The zero-order chi connectivity index (χ0) is 32.4.